The van der Waals surface area contributed by atoms with Gasteiger partial charge < -0.3 is 10.1 Å². The van der Waals surface area contributed by atoms with Crippen LogP contribution in [0.15, 0.2) is 4.47 Å². The molecule has 1 aliphatic rings. The molecule has 3 heteroatoms. The van der Waals surface area contributed by atoms with Crippen LogP contribution >= 0.6 is 15.9 Å². The molecule has 1 heterocycles. The summed E-state index contributed by atoms with van der Waals surface area (Å²) in [6, 6.07) is 0. The largest absolute Gasteiger partial charge is 0.496 e. The Morgan fingerprint density at radius 3 is 2.29 bits per heavy atom. The molecule has 0 saturated carbocycles. The van der Waals surface area contributed by atoms with E-state index < -0.39 is 0 Å². The van der Waals surface area contributed by atoms with Crippen molar-refractivity contribution >= 4 is 15.9 Å². The average molecular weight is 298 g/mol. The van der Waals surface area contributed by atoms with E-state index in [0.29, 0.717) is 0 Å². The number of methoxy groups -OCH3 is 1. The van der Waals surface area contributed by atoms with Crippen molar-refractivity contribution in [3.05, 3.63) is 26.7 Å². The first-order chi connectivity index (χ1) is 8.06. The van der Waals surface area contributed by atoms with Crippen LogP contribution in [0.5, 0.6) is 5.75 Å². The van der Waals surface area contributed by atoms with Gasteiger partial charge in [0.2, 0.25) is 0 Å². The number of nitrogens with one attached hydrogen (secondary N) is 1. The summed E-state index contributed by atoms with van der Waals surface area (Å²) in [5.74, 6) is 1.84. The predicted molar refractivity (Wildman–Crippen MR) is 75.0 cm³/mol. The molecule has 0 aliphatic carbocycles. The second kappa shape index (κ2) is 4.99. The van der Waals surface area contributed by atoms with Crippen LogP contribution in [0.3, 0.4) is 0 Å². The van der Waals surface area contributed by atoms with E-state index in [0.717, 1.165) is 31.2 Å². The minimum atomic E-state index is 0.761. The maximum absolute atomic E-state index is 5.62. The molecule has 2 rings (SSSR count). The first kappa shape index (κ1) is 12.9. The Morgan fingerprint density at radius 1 is 1.18 bits per heavy atom. The standard InChI is InChI=1S/C14H20BrNO/c1-8-9(2)14(17-4)12(10(3)13(8)15)5-11-6-16-7-11/h11,16H,5-7H2,1-4H3. The Hall–Kier alpha value is -0.540. The Morgan fingerprint density at radius 2 is 1.82 bits per heavy atom. The van der Waals surface area contributed by atoms with Crippen molar-refractivity contribution in [1.82, 2.24) is 5.32 Å². The highest BCUT2D eigenvalue weighted by Crippen LogP contribution is 2.37. The smallest absolute Gasteiger partial charge is 0.125 e. The predicted octanol–water partition coefficient (Wildman–Crippen LogP) is 3.14. The van der Waals surface area contributed by atoms with Gasteiger partial charge in [-0.2, -0.15) is 0 Å². The minimum absolute atomic E-state index is 0.761. The van der Waals surface area contributed by atoms with Crippen LogP contribution in [0, 0.1) is 26.7 Å². The van der Waals surface area contributed by atoms with Crippen LogP contribution in [0.2, 0.25) is 0 Å². The molecule has 17 heavy (non-hydrogen) atoms. The Balaban J connectivity index is 2.46. The van der Waals surface area contributed by atoms with Crippen molar-refractivity contribution in [2.45, 2.75) is 27.2 Å². The summed E-state index contributed by atoms with van der Waals surface area (Å²) in [6.45, 7) is 8.73. The highest BCUT2D eigenvalue weighted by Gasteiger charge is 2.23. The van der Waals surface area contributed by atoms with Gasteiger partial charge in [0.15, 0.2) is 0 Å². The van der Waals surface area contributed by atoms with Gasteiger partial charge in [0.05, 0.1) is 7.11 Å². The summed E-state index contributed by atoms with van der Waals surface area (Å²) >= 11 is 3.70. The summed E-state index contributed by atoms with van der Waals surface area (Å²) in [4.78, 5) is 0. The van der Waals surface area contributed by atoms with Gasteiger partial charge in [0.1, 0.15) is 5.75 Å². The molecular weight excluding hydrogens is 278 g/mol. The number of halogens is 1. The van der Waals surface area contributed by atoms with E-state index in [2.05, 4.69) is 42.0 Å². The molecule has 0 bridgehead atoms. The van der Waals surface area contributed by atoms with Gasteiger partial charge in [0.25, 0.3) is 0 Å². The second-order valence-electron chi connectivity index (χ2n) is 4.93. The first-order valence-electron chi connectivity index (χ1n) is 6.09. The van der Waals surface area contributed by atoms with Crippen molar-refractivity contribution in [2.24, 2.45) is 5.92 Å². The zero-order valence-electron chi connectivity index (χ0n) is 11.0. The lowest BCUT2D eigenvalue weighted by molar-refractivity contribution is 0.337. The monoisotopic (exact) mass is 297 g/mol. The van der Waals surface area contributed by atoms with Crippen molar-refractivity contribution < 1.29 is 4.74 Å². The molecule has 0 radical (unpaired) electrons. The van der Waals surface area contributed by atoms with Gasteiger partial charge in [-0.25, -0.2) is 0 Å². The third kappa shape index (κ3) is 2.23. The van der Waals surface area contributed by atoms with Gasteiger partial charge in [-0.15, -0.1) is 0 Å². The molecule has 1 aliphatic heterocycles. The Bertz CT molecular complexity index is 439. The molecule has 1 N–H and O–H groups in total. The van der Waals surface area contributed by atoms with Crippen molar-refractivity contribution in [3.8, 4) is 5.75 Å². The fourth-order valence-corrected chi connectivity index (χ4v) is 2.99. The zero-order chi connectivity index (χ0) is 12.6. The molecule has 1 aromatic rings. The summed E-state index contributed by atoms with van der Waals surface area (Å²) in [5.41, 5.74) is 5.24. The van der Waals surface area contributed by atoms with Crippen LogP contribution in [-0.2, 0) is 6.42 Å². The van der Waals surface area contributed by atoms with E-state index in [4.69, 9.17) is 4.74 Å². The maximum Gasteiger partial charge on any atom is 0.125 e. The minimum Gasteiger partial charge on any atom is -0.496 e. The van der Waals surface area contributed by atoms with E-state index in [-0.39, 0.29) is 0 Å². The number of hydrogen-bond acceptors (Lipinski definition) is 2. The van der Waals surface area contributed by atoms with E-state index in [1.165, 1.54) is 26.7 Å². The molecule has 2 nitrogen and oxygen atoms in total. The summed E-state index contributed by atoms with van der Waals surface area (Å²) < 4.78 is 6.86. The van der Waals surface area contributed by atoms with E-state index in [1.807, 2.05) is 0 Å². The second-order valence-corrected chi connectivity index (χ2v) is 5.72. The molecule has 0 aromatic heterocycles. The highest BCUT2D eigenvalue weighted by molar-refractivity contribution is 9.10. The molecule has 0 spiro atoms. The van der Waals surface area contributed by atoms with Gasteiger partial charge in [-0.1, -0.05) is 15.9 Å². The molecule has 1 saturated heterocycles. The first-order valence-corrected chi connectivity index (χ1v) is 6.88. The van der Waals surface area contributed by atoms with Gasteiger partial charge in [0, 0.05) is 4.47 Å². The van der Waals surface area contributed by atoms with Crippen molar-refractivity contribution in [2.75, 3.05) is 20.2 Å². The number of ether oxygens (including phenoxy) is 1. The van der Waals surface area contributed by atoms with Gasteiger partial charge in [-0.05, 0) is 68.5 Å². The van der Waals surface area contributed by atoms with E-state index in [1.54, 1.807) is 7.11 Å². The number of benzene rings is 1. The normalized spacial score (nSPS) is 15.8. The topological polar surface area (TPSA) is 21.3 Å². The lowest BCUT2D eigenvalue weighted by Crippen LogP contribution is -2.43. The Kier molecular flexibility index (Phi) is 3.79. The van der Waals surface area contributed by atoms with Crippen LogP contribution < -0.4 is 10.1 Å². The highest BCUT2D eigenvalue weighted by atomic mass is 79.9. The molecule has 1 fully saturated rings. The van der Waals surface area contributed by atoms with E-state index >= 15 is 0 Å². The lowest BCUT2D eigenvalue weighted by Gasteiger charge is -2.29. The van der Waals surface area contributed by atoms with Crippen molar-refractivity contribution in [3.63, 3.8) is 0 Å². The number of hydrogen-bond donors (Lipinski definition) is 1. The van der Waals surface area contributed by atoms with Crippen LogP contribution in [-0.4, -0.2) is 20.2 Å². The van der Waals surface area contributed by atoms with Crippen LogP contribution in [0.1, 0.15) is 22.3 Å². The van der Waals surface area contributed by atoms with Crippen molar-refractivity contribution in [1.29, 1.82) is 0 Å². The molecule has 0 unspecified atom stereocenters. The maximum atomic E-state index is 5.62. The Labute approximate surface area is 112 Å². The summed E-state index contributed by atoms with van der Waals surface area (Å²) in [5, 5.41) is 3.33. The molecule has 0 amide bonds. The van der Waals surface area contributed by atoms with E-state index in [9.17, 15) is 0 Å². The fraction of sp³-hybridized carbons (Fsp3) is 0.571. The molecule has 1 aromatic carbocycles. The molecular formula is C14H20BrNO. The summed E-state index contributed by atoms with van der Waals surface area (Å²) in [7, 11) is 1.78. The molecule has 94 valence electrons. The van der Waals surface area contributed by atoms with Crippen LogP contribution in [0.4, 0.5) is 0 Å². The zero-order valence-corrected chi connectivity index (χ0v) is 12.6. The molecule has 0 atom stereocenters. The SMILES string of the molecule is COc1c(C)c(C)c(Br)c(C)c1CC1CNC1. The quantitative estimate of drug-likeness (QED) is 0.925. The van der Waals surface area contributed by atoms with Gasteiger partial charge in [-0.3, -0.25) is 0 Å². The average Bonchev–Trinajstić information content (AvgIpc) is 2.27. The van der Waals surface area contributed by atoms with Gasteiger partial charge >= 0.3 is 0 Å². The summed E-state index contributed by atoms with van der Waals surface area (Å²) in [6.07, 6.45) is 1.11. The number of rotatable bonds is 3. The van der Waals surface area contributed by atoms with Crippen LogP contribution in [0.25, 0.3) is 0 Å². The third-order valence-electron chi connectivity index (χ3n) is 3.85. The third-order valence-corrected chi connectivity index (χ3v) is 5.04. The lowest BCUT2D eigenvalue weighted by atomic mass is 9.89. The fourth-order valence-electron chi connectivity index (χ4n) is 2.45.